The summed E-state index contributed by atoms with van der Waals surface area (Å²) in [4.78, 5) is 42.0. The maximum absolute atomic E-state index is 13.0. The molecule has 4 aromatic rings. The van der Waals surface area contributed by atoms with Gasteiger partial charge >= 0.3 is 24.5 Å². The number of benzene rings is 4. The van der Waals surface area contributed by atoms with Crippen LogP contribution in [0.2, 0.25) is 0 Å². The molecule has 13 nitrogen and oxygen atoms in total. The predicted octanol–water partition coefficient (Wildman–Crippen LogP) is 9.00. The summed E-state index contributed by atoms with van der Waals surface area (Å²) in [5.74, 6) is -7.09. The fourth-order valence-corrected chi connectivity index (χ4v) is 6.94. The second-order valence-corrected chi connectivity index (χ2v) is 16.0. The maximum Gasteiger partial charge on any atom is 0.494 e. The van der Waals surface area contributed by atoms with E-state index in [-0.39, 0.29) is 22.0 Å². The molecule has 344 valence electrons. The lowest BCUT2D eigenvalue weighted by Crippen LogP contribution is -2.45. The van der Waals surface area contributed by atoms with E-state index >= 15 is 0 Å². The largest absolute Gasteiger partial charge is 0.494 e. The lowest BCUT2D eigenvalue weighted by atomic mass is 10.1. The number of hydrogen-bond donors (Lipinski definition) is 5. The van der Waals surface area contributed by atoms with Crippen LogP contribution in [0.15, 0.2) is 94.7 Å². The SMILES string of the molecule is O=C(OO)C(F)(F)F.[C-]#[N+]c1ccc(NC(=O)C(C)(O)CS(=O)(=O)c2ccc(F)cc2)cc1C(F)(F)F.[C-]#[N+]c1ccc(NC(=O)C(C)(O)CSc2ccc(F)cc2)cc1C(F)(F)F. The van der Waals surface area contributed by atoms with Gasteiger partial charge in [0.1, 0.15) is 17.2 Å². The molecule has 0 radical (unpaired) electrons. The first-order valence-corrected chi connectivity index (χ1v) is 19.5. The van der Waals surface area contributed by atoms with E-state index in [0.717, 1.165) is 67.2 Å². The summed E-state index contributed by atoms with van der Waals surface area (Å²) >= 11 is 1.09. The smallest absolute Gasteiger partial charge is 0.379 e. The molecule has 0 aliphatic rings. The number of sulfone groups is 1. The molecule has 0 aromatic heterocycles. The Balaban J connectivity index is 0.000000377. The molecule has 4 rings (SSSR count). The van der Waals surface area contributed by atoms with Gasteiger partial charge < -0.3 is 20.8 Å². The van der Waals surface area contributed by atoms with Crippen LogP contribution in [0, 0.1) is 24.8 Å². The van der Waals surface area contributed by atoms with E-state index in [1.165, 1.54) is 31.2 Å². The summed E-state index contributed by atoms with van der Waals surface area (Å²) in [5.41, 5.74) is -8.69. The minimum absolute atomic E-state index is 0.100. The highest BCUT2D eigenvalue weighted by molar-refractivity contribution is 7.99. The highest BCUT2D eigenvalue weighted by Crippen LogP contribution is 2.39. The summed E-state index contributed by atoms with van der Waals surface area (Å²) in [6.45, 7) is 15.7. The lowest BCUT2D eigenvalue weighted by Gasteiger charge is -2.22. The van der Waals surface area contributed by atoms with Gasteiger partial charge in [-0.3, -0.25) is 14.5 Å². The lowest BCUT2D eigenvalue weighted by molar-refractivity contribution is -0.272. The van der Waals surface area contributed by atoms with Crippen LogP contribution in [0.1, 0.15) is 25.0 Å². The number of rotatable bonds is 10. The Hall–Kier alpha value is -6.32. The third-order valence-electron chi connectivity index (χ3n) is 7.63. The molecule has 5 N–H and O–H groups in total. The van der Waals surface area contributed by atoms with Gasteiger partial charge in [0.25, 0.3) is 11.8 Å². The van der Waals surface area contributed by atoms with Crippen molar-refractivity contribution >= 4 is 62.1 Å². The minimum Gasteiger partial charge on any atom is -0.379 e. The number of carbonyl (C=O) groups is 3. The molecule has 0 heterocycles. The molecular formula is C38H29F11N4O9S2. The van der Waals surface area contributed by atoms with Crippen LogP contribution >= 0.6 is 11.8 Å². The Kier molecular flexibility index (Phi) is 18.0. The zero-order valence-corrected chi connectivity index (χ0v) is 33.8. The van der Waals surface area contributed by atoms with Gasteiger partial charge in [0.15, 0.2) is 26.8 Å². The van der Waals surface area contributed by atoms with E-state index in [4.69, 9.17) is 18.4 Å². The molecule has 2 unspecified atom stereocenters. The first-order chi connectivity index (χ1) is 29.3. The van der Waals surface area contributed by atoms with Crippen LogP contribution in [-0.4, -0.2) is 70.6 Å². The van der Waals surface area contributed by atoms with Crippen molar-refractivity contribution < 1.29 is 91.5 Å². The number of nitrogens with one attached hydrogen (secondary N) is 2. The molecule has 0 bridgehead atoms. The molecule has 64 heavy (non-hydrogen) atoms. The van der Waals surface area contributed by atoms with Crippen molar-refractivity contribution in [2.45, 2.75) is 53.4 Å². The zero-order valence-electron chi connectivity index (χ0n) is 32.2. The van der Waals surface area contributed by atoms with E-state index in [1.54, 1.807) is 0 Å². The molecule has 2 amide bonds. The van der Waals surface area contributed by atoms with Crippen LogP contribution in [-0.2, 0) is 41.5 Å². The Morgan fingerprint density at radius 3 is 1.41 bits per heavy atom. The summed E-state index contributed by atoms with van der Waals surface area (Å²) in [6, 6.07) is 14.2. The molecule has 0 spiro atoms. The quantitative estimate of drug-likeness (QED) is 0.0256. The van der Waals surface area contributed by atoms with Crippen molar-refractivity contribution in [3.05, 3.63) is 131 Å². The number of anilines is 2. The number of nitrogens with zero attached hydrogens (tertiary/aromatic N) is 2. The van der Waals surface area contributed by atoms with Gasteiger partial charge in [0, 0.05) is 22.0 Å². The Morgan fingerprint density at radius 1 is 0.672 bits per heavy atom. The van der Waals surface area contributed by atoms with Crippen LogP contribution in [0.3, 0.4) is 0 Å². The average molecular weight is 959 g/mol. The first kappa shape index (κ1) is 53.8. The number of alkyl halides is 9. The third-order valence-corrected chi connectivity index (χ3v) is 10.9. The Labute approximate surface area is 359 Å². The van der Waals surface area contributed by atoms with Gasteiger partial charge in [-0.05, 0) is 86.6 Å². The number of aliphatic hydroxyl groups is 2. The molecule has 0 saturated carbocycles. The van der Waals surface area contributed by atoms with Crippen molar-refractivity contribution in [2.75, 3.05) is 22.1 Å². The summed E-state index contributed by atoms with van der Waals surface area (Å²) in [6.07, 6.45) is -14.7. The topological polar surface area (TPSA) is 188 Å². The van der Waals surface area contributed by atoms with Crippen molar-refractivity contribution in [3.8, 4) is 0 Å². The van der Waals surface area contributed by atoms with Crippen LogP contribution in [0.5, 0.6) is 0 Å². The first-order valence-electron chi connectivity index (χ1n) is 16.8. The van der Waals surface area contributed by atoms with E-state index in [0.29, 0.717) is 17.0 Å². The van der Waals surface area contributed by atoms with E-state index in [9.17, 15) is 81.3 Å². The van der Waals surface area contributed by atoms with Gasteiger partial charge in [0.05, 0.1) is 34.9 Å². The molecule has 0 aliphatic heterocycles. The van der Waals surface area contributed by atoms with E-state index in [2.05, 4.69) is 19.9 Å². The van der Waals surface area contributed by atoms with Gasteiger partial charge in [0.2, 0.25) is 0 Å². The highest BCUT2D eigenvalue weighted by Gasteiger charge is 2.42. The van der Waals surface area contributed by atoms with E-state index < -0.39 is 97.2 Å². The molecule has 2 atom stereocenters. The van der Waals surface area contributed by atoms with Crippen molar-refractivity contribution in [1.82, 2.24) is 0 Å². The van der Waals surface area contributed by atoms with Crippen LogP contribution < -0.4 is 10.6 Å². The summed E-state index contributed by atoms with van der Waals surface area (Å²) in [5, 5.41) is 31.9. The van der Waals surface area contributed by atoms with Crippen molar-refractivity contribution in [3.63, 3.8) is 0 Å². The number of amides is 2. The average Bonchev–Trinajstić information content (AvgIpc) is 3.19. The third kappa shape index (κ3) is 16.1. The number of hydrogen-bond acceptors (Lipinski definition) is 10. The predicted molar refractivity (Wildman–Crippen MR) is 204 cm³/mol. The van der Waals surface area contributed by atoms with Crippen LogP contribution in [0.4, 0.5) is 71.0 Å². The summed E-state index contributed by atoms with van der Waals surface area (Å²) < 4.78 is 161. The number of halogens is 11. The highest BCUT2D eigenvalue weighted by atomic mass is 32.2. The van der Waals surface area contributed by atoms with Gasteiger partial charge in [-0.2, -0.15) is 44.8 Å². The fourth-order valence-electron chi connectivity index (χ4n) is 4.44. The molecule has 26 heteroatoms. The molecular weight excluding hydrogens is 930 g/mol. The second kappa shape index (κ2) is 21.4. The van der Waals surface area contributed by atoms with Crippen molar-refractivity contribution in [1.29, 1.82) is 0 Å². The molecule has 4 aromatic carbocycles. The molecule has 0 aliphatic carbocycles. The van der Waals surface area contributed by atoms with Gasteiger partial charge in [-0.1, -0.05) is 12.1 Å². The Morgan fingerprint density at radius 2 is 1.06 bits per heavy atom. The van der Waals surface area contributed by atoms with E-state index in [1.807, 2.05) is 5.32 Å². The second-order valence-electron chi connectivity index (χ2n) is 13.0. The molecule has 0 saturated heterocycles. The van der Waals surface area contributed by atoms with Gasteiger partial charge in [-0.15, -0.1) is 11.8 Å². The standard InChI is InChI=1S/C18H14F4N2O4S.C18H14F4N2O2S.C2HF3O3/c1-17(26,10-29(27,28)13-6-3-11(19)4-7-13)16(25)24-12-5-8-15(23-2)14(9-12)18(20,21)22;1-17(26,10-27-13-6-3-11(19)4-7-13)16(25)24-12-5-8-15(23-2)14(9-12)18(20,21)22;3-2(4,5)1(6)8-7/h3-9,26H,10H2,1H3,(H,24,25);3-9,26H,10H2,1H3,(H,24,25);7H. The van der Waals surface area contributed by atoms with Crippen molar-refractivity contribution in [2.24, 2.45) is 0 Å². The minimum atomic E-state index is -5.10. The Bertz CT molecular complexity index is 2500. The zero-order chi connectivity index (χ0) is 49.1. The fraction of sp³-hybridized carbons (Fsp3) is 0.237. The number of carbonyl (C=O) groups excluding carboxylic acids is 3. The van der Waals surface area contributed by atoms with Crippen LogP contribution in [0.25, 0.3) is 9.69 Å². The summed E-state index contributed by atoms with van der Waals surface area (Å²) in [7, 11) is -4.21. The monoisotopic (exact) mass is 958 g/mol. The normalized spacial score (nSPS) is 13.4. The number of thioether (sulfide) groups is 1. The molecule has 0 fully saturated rings. The maximum atomic E-state index is 13.0. The van der Waals surface area contributed by atoms with Gasteiger partial charge in [-0.25, -0.2) is 31.7 Å².